The highest BCUT2D eigenvalue weighted by Gasteiger charge is 2.38. The van der Waals surface area contributed by atoms with E-state index in [2.05, 4.69) is 21.2 Å². The first kappa shape index (κ1) is 13.2. The van der Waals surface area contributed by atoms with Gasteiger partial charge in [0.1, 0.15) is 0 Å². The summed E-state index contributed by atoms with van der Waals surface area (Å²) in [5, 5.41) is 4.02. The zero-order chi connectivity index (χ0) is 14.3. The Labute approximate surface area is 129 Å². The van der Waals surface area contributed by atoms with Gasteiger partial charge in [-0.25, -0.2) is 4.98 Å². The first-order valence-corrected chi connectivity index (χ1v) is 8.63. The van der Waals surface area contributed by atoms with E-state index in [1.165, 1.54) is 4.70 Å². The molecule has 1 fully saturated rings. The fourth-order valence-corrected chi connectivity index (χ4v) is 4.24. The first-order valence-electron chi connectivity index (χ1n) is 6.83. The van der Waals surface area contributed by atoms with Gasteiger partial charge >= 0.3 is 0 Å². The van der Waals surface area contributed by atoms with E-state index in [9.17, 15) is 0 Å². The molecule has 0 radical (unpaired) electrons. The van der Waals surface area contributed by atoms with Crippen molar-refractivity contribution >= 4 is 33.3 Å². The van der Waals surface area contributed by atoms with Crippen molar-refractivity contribution in [2.45, 2.75) is 34.9 Å². The molecule has 2 heterocycles. The van der Waals surface area contributed by atoms with E-state index in [1.807, 2.05) is 18.2 Å². The number of nitrogens with zero attached hydrogens (tertiary/aromatic N) is 3. The molecule has 2 N–H and O–H groups in total. The smallest absolute Gasteiger partial charge is 0.237 e. The summed E-state index contributed by atoms with van der Waals surface area (Å²) in [5.41, 5.74) is 6.87. The first-order chi connectivity index (χ1) is 10.2. The molecule has 5 nitrogen and oxygen atoms in total. The molecular weight excluding hydrogens is 304 g/mol. The molecule has 0 aliphatic heterocycles. The molecule has 1 aromatic carbocycles. The largest absolute Gasteiger partial charge is 0.338 e. The molecule has 0 spiro atoms. The van der Waals surface area contributed by atoms with Crippen LogP contribution in [-0.4, -0.2) is 15.1 Å². The number of rotatable bonds is 4. The van der Waals surface area contributed by atoms with Crippen LogP contribution in [0.15, 0.2) is 33.1 Å². The fraction of sp³-hybridized carbons (Fsp3) is 0.357. The fourth-order valence-electron chi connectivity index (χ4n) is 2.33. The van der Waals surface area contributed by atoms with Crippen LogP contribution >= 0.6 is 23.1 Å². The number of hydrogen-bond donors (Lipinski definition) is 1. The van der Waals surface area contributed by atoms with Gasteiger partial charge < -0.3 is 10.3 Å². The van der Waals surface area contributed by atoms with Gasteiger partial charge in [-0.15, -0.1) is 11.3 Å². The standard InChI is InChI=1S/C14H14N4OS2/c15-14(6-3-7-14)12-17-11(19-18-12)8-20-13-16-9-4-1-2-5-10(9)21-13/h1-2,4-5H,3,6-8,15H2. The number of thioether (sulfide) groups is 1. The molecular formula is C14H14N4OS2. The maximum atomic E-state index is 6.19. The van der Waals surface area contributed by atoms with Gasteiger partial charge in [-0.05, 0) is 31.4 Å². The quantitative estimate of drug-likeness (QED) is 0.744. The van der Waals surface area contributed by atoms with Gasteiger partial charge in [-0.3, -0.25) is 0 Å². The Morgan fingerprint density at radius 3 is 2.90 bits per heavy atom. The minimum absolute atomic E-state index is 0.359. The average Bonchev–Trinajstić information content (AvgIpc) is 3.09. The van der Waals surface area contributed by atoms with Crippen LogP contribution in [0.5, 0.6) is 0 Å². The molecule has 1 aliphatic carbocycles. The third-order valence-corrected chi connectivity index (χ3v) is 5.92. The molecule has 0 atom stereocenters. The van der Waals surface area contributed by atoms with Crippen molar-refractivity contribution in [2.75, 3.05) is 0 Å². The lowest BCUT2D eigenvalue weighted by atomic mass is 9.77. The Kier molecular flexibility index (Phi) is 3.20. The number of para-hydroxylation sites is 1. The second-order valence-corrected chi connectivity index (χ2v) is 7.51. The van der Waals surface area contributed by atoms with Gasteiger partial charge in [-0.2, -0.15) is 4.98 Å². The van der Waals surface area contributed by atoms with E-state index < -0.39 is 0 Å². The maximum Gasteiger partial charge on any atom is 0.237 e. The molecule has 7 heteroatoms. The predicted octanol–water partition coefficient (Wildman–Crippen LogP) is 3.31. The molecule has 3 aromatic rings. The Hall–Kier alpha value is -1.44. The summed E-state index contributed by atoms with van der Waals surface area (Å²) in [5.74, 6) is 1.89. The van der Waals surface area contributed by atoms with Gasteiger partial charge in [-0.1, -0.05) is 29.1 Å². The van der Waals surface area contributed by atoms with Gasteiger partial charge in [0.05, 0.1) is 21.5 Å². The van der Waals surface area contributed by atoms with Crippen LogP contribution in [-0.2, 0) is 11.3 Å². The highest BCUT2D eigenvalue weighted by atomic mass is 32.2. The summed E-state index contributed by atoms with van der Waals surface area (Å²) in [7, 11) is 0. The van der Waals surface area contributed by atoms with Crippen molar-refractivity contribution in [3.8, 4) is 0 Å². The van der Waals surface area contributed by atoms with Crippen molar-refractivity contribution in [3.05, 3.63) is 36.0 Å². The van der Waals surface area contributed by atoms with E-state index in [-0.39, 0.29) is 5.54 Å². The second kappa shape index (κ2) is 5.08. The molecule has 108 valence electrons. The number of aromatic nitrogens is 3. The van der Waals surface area contributed by atoms with Gasteiger partial charge in [0.2, 0.25) is 5.89 Å². The molecule has 0 unspecified atom stereocenters. The van der Waals surface area contributed by atoms with E-state index in [1.54, 1.807) is 23.1 Å². The van der Waals surface area contributed by atoms with Crippen molar-refractivity contribution < 1.29 is 4.52 Å². The van der Waals surface area contributed by atoms with E-state index >= 15 is 0 Å². The van der Waals surface area contributed by atoms with Crippen LogP contribution < -0.4 is 5.73 Å². The molecule has 1 saturated carbocycles. The average molecular weight is 318 g/mol. The SMILES string of the molecule is NC1(c2noc(CSc3nc4ccccc4s3)n2)CCC1. The lowest BCUT2D eigenvalue weighted by molar-refractivity contribution is 0.229. The zero-order valence-electron chi connectivity index (χ0n) is 11.3. The number of fused-ring (bicyclic) bond motifs is 1. The third kappa shape index (κ3) is 2.45. The van der Waals surface area contributed by atoms with E-state index in [4.69, 9.17) is 10.3 Å². The summed E-state index contributed by atoms with van der Waals surface area (Å²) in [6, 6.07) is 8.13. The van der Waals surface area contributed by atoms with Crippen LogP contribution in [0.4, 0.5) is 0 Å². The third-order valence-electron chi connectivity index (χ3n) is 3.75. The Morgan fingerprint density at radius 1 is 1.29 bits per heavy atom. The lowest BCUT2D eigenvalue weighted by Gasteiger charge is -2.34. The molecule has 0 bridgehead atoms. The van der Waals surface area contributed by atoms with Gasteiger partial charge in [0.25, 0.3) is 0 Å². The summed E-state index contributed by atoms with van der Waals surface area (Å²) < 4.78 is 7.51. The highest BCUT2D eigenvalue weighted by Crippen LogP contribution is 2.37. The van der Waals surface area contributed by atoms with Crippen LogP contribution in [0.1, 0.15) is 31.0 Å². The molecule has 21 heavy (non-hydrogen) atoms. The number of hydrogen-bond acceptors (Lipinski definition) is 7. The minimum Gasteiger partial charge on any atom is -0.338 e. The second-order valence-electron chi connectivity index (χ2n) is 5.26. The van der Waals surface area contributed by atoms with Crippen molar-refractivity contribution in [1.82, 2.24) is 15.1 Å². The number of nitrogens with two attached hydrogens (primary N) is 1. The number of benzene rings is 1. The Morgan fingerprint density at radius 2 is 2.14 bits per heavy atom. The van der Waals surface area contributed by atoms with E-state index in [0.29, 0.717) is 17.5 Å². The highest BCUT2D eigenvalue weighted by molar-refractivity contribution is 8.00. The zero-order valence-corrected chi connectivity index (χ0v) is 12.9. The molecule has 1 aliphatic rings. The minimum atomic E-state index is -0.359. The molecule has 0 amide bonds. The topological polar surface area (TPSA) is 77.8 Å². The van der Waals surface area contributed by atoms with Crippen molar-refractivity contribution in [3.63, 3.8) is 0 Å². The predicted molar refractivity (Wildman–Crippen MR) is 83.2 cm³/mol. The van der Waals surface area contributed by atoms with Crippen LogP contribution in [0, 0.1) is 0 Å². The monoisotopic (exact) mass is 318 g/mol. The van der Waals surface area contributed by atoms with Crippen molar-refractivity contribution in [2.24, 2.45) is 5.73 Å². The number of thiazole rings is 1. The van der Waals surface area contributed by atoms with Crippen LogP contribution in [0.3, 0.4) is 0 Å². The van der Waals surface area contributed by atoms with Crippen LogP contribution in [0.25, 0.3) is 10.2 Å². The van der Waals surface area contributed by atoms with Crippen molar-refractivity contribution in [1.29, 1.82) is 0 Å². The molecule has 0 saturated heterocycles. The van der Waals surface area contributed by atoms with E-state index in [0.717, 1.165) is 29.1 Å². The summed E-state index contributed by atoms with van der Waals surface area (Å²) in [4.78, 5) is 9.00. The summed E-state index contributed by atoms with van der Waals surface area (Å²) >= 11 is 3.30. The summed E-state index contributed by atoms with van der Waals surface area (Å²) in [6.07, 6.45) is 3.02. The Balaban J connectivity index is 1.46. The normalized spacial score (nSPS) is 17.0. The molecule has 2 aromatic heterocycles. The maximum absolute atomic E-state index is 6.19. The Bertz CT molecular complexity index is 745. The molecule has 4 rings (SSSR count). The van der Waals surface area contributed by atoms with Gasteiger partial charge in [0.15, 0.2) is 10.2 Å². The van der Waals surface area contributed by atoms with Crippen LogP contribution in [0.2, 0.25) is 0 Å². The van der Waals surface area contributed by atoms with Gasteiger partial charge in [0, 0.05) is 0 Å². The summed E-state index contributed by atoms with van der Waals surface area (Å²) in [6.45, 7) is 0. The lowest BCUT2D eigenvalue weighted by Crippen LogP contribution is -2.44.